The highest BCUT2D eigenvalue weighted by Crippen LogP contribution is 2.28. The molecule has 3 rings (SSSR count). The fourth-order valence-electron chi connectivity index (χ4n) is 2.13. The number of aromatic carboxylic acids is 1. The van der Waals surface area contributed by atoms with E-state index in [1.165, 1.54) is 29.1 Å². The number of hydrogen-bond donors (Lipinski definition) is 1. The fraction of sp³-hybridized carbons (Fsp3) is 0.0769. The van der Waals surface area contributed by atoms with Crippen LogP contribution in [0.1, 0.15) is 31.1 Å². The van der Waals surface area contributed by atoms with Crippen LogP contribution in [0.2, 0.25) is 0 Å². The van der Waals surface area contributed by atoms with Gasteiger partial charge in [0.05, 0.1) is 28.6 Å². The zero-order chi connectivity index (χ0) is 14.4. The van der Waals surface area contributed by atoms with Crippen LogP contribution in [0.4, 0.5) is 5.69 Å². The number of nitrogens with zero attached hydrogens (tertiary/aromatic N) is 3. The van der Waals surface area contributed by atoms with E-state index in [9.17, 15) is 14.4 Å². The van der Waals surface area contributed by atoms with Crippen LogP contribution in [0.15, 0.2) is 30.6 Å². The maximum atomic E-state index is 12.3. The van der Waals surface area contributed by atoms with Gasteiger partial charge in [0.1, 0.15) is 0 Å². The monoisotopic (exact) mass is 271 g/mol. The van der Waals surface area contributed by atoms with Crippen molar-refractivity contribution in [2.45, 2.75) is 0 Å². The number of benzene rings is 1. The molecule has 0 atom stereocenters. The van der Waals surface area contributed by atoms with Gasteiger partial charge in [0.25, 0.3) is 11.8 Å². The SMILES string of the molecule is Cn1cc(N2C(=O)c3ccc(C(=O)O)cc3C2=O)cn1. The number of anilines is 1. The Morgan fingerprint density at radius 2 is 1.90 bits per heavy atom. The van der Waals surface area contributed by atoms with E-state index < -0.39 is 17.8 Å². The average molecular weight is 271 g/mol. The van der Waals surface area contributed by atoms with Crippen molar-refractivity contribution in [2.75, 3.05) is 4.90 Å². The van der Waals surface area contributed by atoms with Gasteiger partial charge in [-0.15, -0.1) is 0 Å². The van der Waals surface area contributed by atoms with Crippen LogP contribution in [0.3, 0.4) is 0 Å². The molecule has 1 aromatic heterocycles. The van der Waals surface area contributed by atoms with Gasteiger partial charge in [-0.2, -0.15) is 5.10 Å². The van der Waals surface area contributed by atoms with Crippen molar-refractivity contribution in [1.82, 2.24) is 9.78 Å². The van der Waals surface area contributed by atoms with Gasteiger partial charge in [-0.1, -0.05) is 0 Å². The second-order valence-electron chi connectivity index (χ2n) is 4.38. The first-order valence-corrected chi connectivity index (χ1v) is 5.74. The lowest BCUT2D eigenvalue weighted by atomic mass is 10.1. The molecule has 0 bridgehead atoms. The van der Waals surface area contributed by atoms with Crippen LogP contribution in [-0.2, 0) is 7.05 Å². The maximum absolute atomic E-state index is 12.3. The molecule has 20 heavy (non-hydrogen) atoms. The van der Waals surface area contributed by atoms with E-state index in [4.69, 9.17) is 5.11 Å². The van der Waals surface area contributed by atoms with E-state index in [0.717, 1.165) is 4.90 Å². The highest BCUT2D eigenvalue weighted by Gasteiger charge is 2.37. The number of hydrogen-bond acceptors (Lipinski definition) is 4. The van der Waals surface area contributed by atoms with Crippen LogP contribution in [0.5, 0.6) is 0 Å². The molecule has 100 valence electrons. The summed E-state index contributed by atoms with van der Waals surface area (Å²) >= 11 is 0. The highest BCUT2D eigenvalue weighted by atomic mass is 16.4. The van der Waals surface area contributed by atoms with Gasteiger partial charge >= 0.3 is 5.97 Å². The third-order valence-electron chi connectivity index (χ3n) is 3.08. The number of aryl methyl sites for hydroxylation is 1. The van der Waals surface area contributed by atoms with Crippen LogP contribution < -0.4 is 4.90 Å². The number of carbonyl (C=O) groups is 3. The van der Waals surface area contributed by atoms with E-state index in [0.29, 0.717) is 5.69 Å². The molecular weight excluding hydrogens is 262 g/mol. The average Bonchev–Trinajstić information content (AvgIpc) is 2.93. The number of imide groups is 1. The van der Waals surface area contributed by atoms with Gasteiger partial charge in [0, 0.05) is 13.2 Å². The van der Waals surface area contributed by atoms with Crippen molar-refractivity contribution in [1.29, 1.82) is 0 Å². The highest BCUT2D eigenvalue weighted by molar-refractivity contribution is 6.34. The number of carboxylic acid groups (broad SMARTS) is 1. The molecular formula is C13H9N3O4. The predicted molar refractivity (Wildman–Crippen MR) is 67.7 cm³/mol. The zero-order valence-electron chi connectivity index (χ0n) is 10.4. The normalized spacial score (nSPS) is 13.8. The predicted octanol–water partition coefficient (Wildman–Crippen LogP) is 0.919. The summed E-state index contributed by atoms with van der Waals surface area (Å²) in [7, 11) is 1.67. The summed E-state index contributed by atoms with van der Waals surface area (Å²) in [4.78, 5) is 36.4. The second-order valence-corrected chi connectivity index (χ2v) is 4.38. The van der Waals surface area contributed by atoms with Gasteiger partial charge in [-0.3, -0.25) is 14.3 Å². The summed E-state index contributed by atoms with van der Waals surface area (Å²) in [5, 5.41) is 12.8. The van der Waals surface area contributed by atoms with E-state index in [1.54, 1.807) is 13.2 Å². The minimum absolute atomic E-state index is 0.0297. The third kappa shape index (κ3) is 1.60. The van der Waals surface area contributed by atoms with Crippen LogP contribution in [-0.4, -0.2) is 32.7 Å². The summed E-state index contributed by atoms with van der Waals surface area (Å²) in [5.41, 5.74) is 0.621. The lowest BCUT2D eigenvalue weighted by Gasteiger charge is -2.09. The molecule has 0 fully saturated rings. The Hall–Kier alpha value is -2.96. The number of carbonyl (C=O) groups excluding carboxylic acids is 2. The van der Waals surface area contributed by atoms with Crippen molar-refractivity contribution in [2.24, 2.45) is 7.05 Å². The van der Waals surface area contributed by atoms with Crippen molar-refractivity contribution < 1.29 is 19.5 Å². The van der Waals surface area contributed by atoms with Crippen LogP contribution in [0.25, 0.3) is 0 Å². The minimum Gasteiger partial charge on any atom is -0.478 e. The number of rotatable bonds is 2. The molecule has 7 heteroatoms. The van der Waals surface area contributed by atoms with Crippen molar-refractivity contribution in [3.8, 4) is 0 Å². The smallest absolute Gasteiger partial charge is 0.335 e. The van der Waals surface area contributed by atoms with Gasteiger partial charge in [0.15, 0.2) is 0 Å². The topological polar surface area (TPSA) is 92.5 Å². The van der Waals surface area contributed by atoms with Gasteiger partial charge in [0.2, 0.25) is 0 Å². The number of carboxylic acids is 1. The van der Waals surface area contributed by atoms with Crippen molar-refractivity contribution in [3.63, 3.8) is 0 Å². The Kier molecular flexibility index (Phi) is 2.43. The summed E-state index contributed by atoms with van der Waals surface area (Å²) in [5.74, 6) is -2.16. The summed E-state index contributed by atoms with van der Waals surface area (Å²) in [6.07, 6.45) is 2.94. The molecule has 1 aromatic carbocycles. The first-order valence-electron chi connectivity index (χ1n) is 5.74. The Bertz CT molecular complexity index is 763. The second kappa shape index (κ2) is 4.02. The molecule has 2 amide bonds. The Morgan fingerprint density at radius 3 is 2.50 bits per heavy atom. The molecule has 0 radical (unpaired) electrons. The molecule has 0 aliphatic carbocycles. The summed E-state index contributed by atoms with van der Waals surface area (Å²) < 4.78 is 1.47. The van der Waals surface area contributed by atoms with Gasteiger partial charge < -0.3 is 5.11 Å². The molecule has 2 aromatic rings. The van der Waals surface area contributed by atoms with E-state index in [1.807, 2.05) is 0 Å². The van der Waals surface area contributed by atoms with Crippen molar-refractivity contribution in [3.05, 3.63) is 47.3 Å². The largest absolute Gasteiger partial charge is 0.478 e. The Morgan fingerprint density at radius 1 is 1.20 bits per heavy atom. The van der Waals surface area contributed by atoms with E-state index in [-0.39, 0.29) is 16.7 Å². The molecule has 0 saturated carbocycles. The summed E-state index contributed by atoms with van der Waals surface area (Å²) in [6, 6.07) is 3.88. The lowest BCUT2D eigenvalue weighted by Crippen LogP contribution is -2.28. The molecule has 1 aliphatic rings. The Labute approximate surface area is 113 Å². The van der Waals surface area contributed by atoms with Gasteiger partial charge in [-0.05, 0) is 18.2 Å². The third-order valence-corrected chi connectivity index (χ3v) is 3.08. The van der Waals surface area contributed by atoms with Crippen LogP contribution >= 0.6 is 0 Å². The fourth-order valence-corrected chi connectivity index (χ4v) is 2.13. The molecule has 7 nitrogen and oxygen atoms in total. The molecule has 1 aliphatic heterocycles. The van der Waals surface area contributed by atoms with E-state index >= 15 is 0 Å². The number of amides is 2. The molecule has 1 N–H and O–H groups in total. The molecule has 2 heterocycles. The van der Waals surface area contributed by atoms with Crippen LogP contribution in [0, 0.1) is 0 Å². The molecule has 0 unspecified atom stereocenters. The lowest BCUT2D eigenvalue weighted by molar-refractivity contribution is 0.0696. The number of aromatic nitrogens is 2. The van der Waals surface area contributed by atoms with E-state index in [2.05, 4.69) is 5.10 Å². The summed E-state index contributed by atoms with van der Waals surface area (Å²) in [6.45, 7) is 0. The molecule has 0 spiro atoms. The maximum Gasteiger partial charge on any atom is 0.335 e. The van der Waals surface area contributed by atoms with Gasteiger partial charge in [-0.25, -0.2) is 9.69 Å². The van der Waals surface area contributed by atoms with Crippen molar-refractivity contribution >= 4 is 23.5 Å². The Balaban J connectivity index is 2.10. The molecule has 0 saturated heterocycles. The first kappa shape index (κ1) is 12.1. The zero-order valence-corrected chi connectivity index (χ0v) is 10.4. The quantitative estimate of drug-likeness (QED) is 0.820. The first-order chi connectivity index (χ1) is 9.49. The minimum atomic E-state index is -1.15. The number of fused-ring (bicyclic) bond motifs is 1. The standard InChI is InChI=1S/C13H9N3O4/c1-15-6-8(5-14-15)16-11(17)9-3-2-7(13(19)20)4-10(9)12(16)18/h2-6H,1H3,(H,19,20).